The van der Waals surface area contributed by atoms with Gasteiger partial charge in [0.25, 0.3) is 0 Å². The van der Waals surface area contributed by atoms with Crippen molar-refractivity contribution in [3.63, 3.8) is 0 Å². The van der Waals surface area contributed by atoms with E-state index in [4.69, 9.17) is 5.73 Å². The Balaban J connectivity index is 3.22. The summed E-state index contributed by atoms with van der Waals surface area (Å²) in [5.74, 6) is -0.293. The van der Waals surface area contributed by atoms with E-state index >= 15 is 0 Å². The molecule has 0 saturated carbocycles. The Kier molecular flexibility index (Phi) is 3.24. The molecule has 0 aliphatic carbocycles. The van der Waals surface area contributed by atoms with Gasteiger partial charge in [0.2, 0.25) is 0 Å². The van der Waals surface area contributed by atoms with E-state index in [1.807, 2.05) is 13.8 Å². The fourth-order valence-corrected chi connectivity index (χ4v) is 1.50. The summed E-state index contributed by atoms with van der Waals surface area (Å²) in [6.45, 7) is 3.94. The maximum atomic E-state index is 13.0. The highest BCUT2D eigenvalue weighted by Gasteiger charge is 2.26. The van der Waals surface area contributed by atoms with Crippen LogP contribution in [0.25, 0.3) is 0 Å². The average molecular weight is 197 g/mol. The van der Waals surface area contributed by atoms with Gasteiger partial charge in [-0.15, -0.1) is 0 Å². The fourth-order valence-electron chi connectivity index (χ4n) is 1.50. The van der Waals surface area contributed by atoms with Crippen LogP contribution >= 0.6 is 0 Å². The first kappa shape index (κ1) is 11.1. The third kappa shape index (κ3) is 1.94. The zero-order valence-corrected chi connectivity index (χ0v) is 8.55. The number of aliphatic hydroxyl groups is 1. The summed E-state index contributed by atoms with van der Waals surface area (Å²) in [6.07, 6.45) is 0. The van der Waals surface area contributed by atoms with Crippen molar-refractivity contribution >= 4 is 0 Å². The molecule has 2 nitrogen and oxygen atoms in total. The molecule has 0 aliphatic rings. The lowest BCUT2D eigenvalue weighted by Gasteiger charge is -2.27. The molecule has 0 aromatic heterocycles. The van der Waals surface area contributed by atoms with Gasteiger partial charge in [-0.3, -0.25) is 0 Å². The summed E-state index contributed by atoms with van der Waals surface area (Å²) in [5, 5.41) is 9.25. The zero-order valence-electron chi connectivity index (χ0n) is 8.55. The van der Waals surface area contributed by atoms with Crippen LogP contribution in [0.3, 0.4) is 0 Å². The number of hydrogen-bond acceptors (Lipinski definition) is 2. The third-order valence-electron chi connectivity index (χ3n) is 2.65. The standard InChI is InChI=1S/C11H16FNO/c1-8-3-4-9(12)5-10(8)11(2,6-13)7-14/h3-5,14H,6-7,13H2,1-2H3. The van der Waals surface area contributed by atoms with Crippen LogP contribution in [0.2, 0.25) is 0 Å². The Hall–Kier alpha value is -0.930. The highest BCUT2D eigenvalue weighted by molar-refractivity contribution is 5.34. The lowest BCUT2D eigenvalue weighted by atomic mass is 9.81. The number of aryl methyl sites for hydroxylation is 1. The molecule has 0 spiro atoms. The molecule has 3 N–H and O–H groups in total. The quantitative estimate of drug-likeness (QED) is 0.768. The number of benzene rings is 1. The molecule has 0 bridgehead atoms. The Morgan fingerprint density at radius 3 is 2.64 bits per heavy atom. The van der Waals surface area contributed by atoms with Crippen LogP contribution in [0.4, 0.5) is 4.39 Å². The van der Waals surface area contributed by atoms with Gasteiger partial charge in [-0.1, -0.05) is 13.0 Å². The van der Waals surface area contributed by atoms with E-state index in [9.17, 15) is 9.50 Å². The van der Waals surface area contributed by atoms with E-state index < -0.39 is 5.41 Å². The minimum Gasteiger partial charge on any atom is -0.395 e. The molecular formula is C11H16FNO. The van der Waals surface area contributed by atoms with Gasteiger partial charge in [0.15, 0.2) is 0 Å². The van der Waals surface area contributed by atoms with Crippen molar-refractivity contribution in [2.75, 3.05) is 13.2 Å². The SMILES string of the molecule is Cc1ccc(F)cc1C(C)(CN)CO. The highest BCUT2D eigenvalue weighted by Crippen LogP contribution is 2.25. The predicted octanol–water partition coefficient (Wildman–Crippen LogP) is 1.34. The van der Waals surface area contributed by atoms with Crippen molar-refractivity contribution in [2.45, 2.75) is 19.3 Å². The molecule has 0 saturated heterocycles. The summed E-state index contributed by atoms with van der Waals surface area (Å²) in [4.78, 5) is 0. The van der Waals surface area contributed by atoms with E-state index in [1.54, 1.807) is 6.07 Å². The predicted molar refractivity (Wildman–Crippen MR) is 54.6 cm³/mol. The molecule has 1 atom stereocenters. The molecule has 1 aromatic rings. The molecule has 0 heterocycles. The van der Waals surface area contributed by atoms with E-state index in [0.717, 1.165) is 11.1 Å². The Morgan fingerprint density at radius 1 is 1.50 bits per heavy atom. The number of halogens is 1. The highest BCUT2D eigenvalue weighted by atomic mass is 19.1. The molecule has 78 valence electrons. The minimum absolute atomic E-state index is 0.0756. The zero-order chi connectivity index (χ0) is 10.8. The van der Waals surface area contributed by atoms with Gasteiger partial charge in [0.1, 0.15) is 5.82 Å². The maximum Gasteiger partial charge on any atom is 0.123 e. The molecule has 3 heteroatoms. The van der Waals surface area contributed by atoms with E-state index in [1.165, 1.54) is 12.1 Å². The van der Waals surface area contributed by atoms with Crippen LogP contribution in [-0.2, 0) is 5.41 Å². The fraction of sp³-hybridized carbons (Fsp3) is 0.455. The molecule has 1 aromatic carbocycles. The summed E-state index contributed by atoms with van der Waals surface area (Å²) in [7, 11) is 0. The third-order valence-corrected chi connectivity index (χ3v) is 2.65. The van der Waals surface area contributed by atoms with Crippen LogP contribution in [0.5, 0.6) is 0 Å². The first-order valence-corrected chi connectivity index (χ1v) is 4.61. The largest absolute Gasteiger partial charge is 0.395 e. The van der Waals surface area contributed by atoms with Crippen LogP contribution in [-0.4, -0.2) is 18.3 Å². The van der Waals surface area contributed by atoms with Gasteiger partial charge in [0.05, 0.1) is 6.61 Å². The lowest BCUT2D eigenvalue weighted by molar-refractivity contribution is 0.209. The van der Waals surface area contributed by atoms with Crippen LogP contribution in [0.15, 0.2) is 18.2 Å². The molecule has 14 heavy (non-hydrogen) atoms. The molecule has 0 fully saturated rings. The molecule has 1 unspecified atom stereocenters. The normalized spacial score (nSPS) is 15.2. The van der Waals surface area contributed by atoms with Crippen LogP contribution < -0.4 is 5.73 Å². The summed E-state index contributed by atoms with van der Waals surface area (Å²) < 4.78 is 13.0. The average Bonchev–Trinajstić information content (AvgIpc) is 2.20. The molecule has 0 radical (unpaired) electrons. The van der Waals surface area contributed by atoms with Crippen LogP contribution in [0.1, 0.15) is 18.1 Å². The Morgan fingerprint density at radius 2 is 2.14 bits per heavy atom. The summed E-state index contributed by atoms with van der Waals surface area (Å²) in [5.41, 5.74) is 6.77. The Labute approximate surface area is 83.6 Å². The van der Waals surface area contributed by atoms with Crippen molar-refractivity contribution in [3.8, 4) is 0 Å². The second-order valence-corrected chi connectivity index (χ2v) is 3.88. The molecule has 1 rings (SSSR count). The summed E-state index contributed by atoms with van der Waals surface area (Å²) in [6, 6.07) is 4.56. The van der Waals surface area contributed by atoms with Gasteiger partial charge in [-0.2, -0.15) is 0 Å². The molecule has 0 aliphatic heterocycles. The maximum absolute atomic E-state index is 13.0. The van der Waals surface area contributed by atoms with Gasteiger partial charge in [0, 0.05) is 12.0 Å². The van der Waals surface area contributed by atoms with Crippen molar-refractivity contribution in [1.82, 2.24) is 0 Å². The van der Waals surface area contributed by atoms with Gasteiger partial charge >= 0.3 is 0 Å². The van der Waals surface area contributed by atoms with Crippen molar-refractivity contribution < 1.29 is 9.50 Å². The van der Waals surface area contributed by atoms with Crippen molar-refractivity contribution in [2.24, 2.45) is 5.73 Å². The Bertz CT molecular complexity index is 321. The first-order valence-electron chi connectivity index (χ1n) is 4.61. The van der Waals surface area contributed by atoms with Gasteiger partial charge in [-0.05, 0) is 30.2 Å². The number of hydrogen-bond donors (Lipinski definition) is 2. The molecule has 0 amide bonds. The smallest absolute Gasteiger partial charge is 0.123 e. The number of rotatable bonds is 3. The second-order valence-electron chi connectivity index (χ2n) is 3.88. The van der Waals surface area contributed by atoms with Crippen molar-refractivity contribution in [1.29, 1.82) is 0 Å². The number of nitrogens with two attached hydrogens (primary N) is 1. The topological polar surface area (TPSA) is 46.2 Å². The summed E-state index contributed by atoms with van der Waals surface area (Å²) >= 11 is 0. The van der Waals surface area contributed by atoms with E-state index in [2.05, 4.69) is 0 Å². The number of aliphatic hydroxyl groups excluding tert-OH is 1. The van der Waals surface area contributed by atoms with E-state index in [-0.39, 0.29) is 12.4 Å². The van der Waals surface area contributed by atoms with Crippen LogP contribution in [0, 0.1) is 12.7 Å². The van der Waals surface area contributed by atoms with Crippen molar-refractivity contribution in [3.05, 3.63) is 35.1 Å². The minimum atomic E-state index is -0.549. The van der Waals surface area contributed by atoms with Gasteiger partial charge in [-0.25, -0.2) is 4.39 Å². The lowest BCUT2D eigenvalue weighted by Crippen LogP contribution is -2.36. The van der Waals surface area contributed by atoms with E-state index in [0.29, 0.717) is 6.54 Å². The monoisotopic (exact) mass is 197 g/mol. The first-order chi connectivity index (χ1) is 6.53. The second kappa shape index (κ2) is 4.07. The molecular weight excluding hydrogens is 181 g/mol. The van der Waals surface area contributed by atoms with Gasteiger partial charge < -0.3 is 10.8 Å².